The second kappa shape index (κ2) is 4.27. The Labute approximate surface area is 99.2 Å². The van der Waals surface area contributed by atoms with Gasteiger partial charge < -0.3 is 4.42 Å². The summed E-state index contributed by atoms with van der Waals surface area (Å²) in [4.78, 5) is 0. The molecule has 90 valence electrons. The van der Waals surface area contributed by atoms with Crippen LogP contribution in [0, 0.1) is 5.41 Å². The fourth-order valence-electron chi connectivity index (χ4n) is 2.86. The lowest BCUT2D eigenvalue weighted by Crippen LogP contribution is -2.19. The van der Waals surface area contributed by atoms with E-state index in [4.69, 9.17) is 4.42 Å². The summed E-state index contributed by atoms with van der Waals surface area (Å²) in [6.45, 7) is 9.18. The maximum atomic E-state index is 5.77. The molecule has 1 aliphatic rings. The predicted molar refractivity (Wildman–Crippen MR) is 67.8 cm³/mol. The second-order valence-corrected chi connectivity index (χ2v) is 6.02. The van der Waals surface area contributed by atoms with Crippen LogP contribution < -0.4 is 0 Å². The second-order valence-electron chi connectivity index (χ2n) is 6.02. The molecule has 1 heterocycles. The third-order valence-corrected chi connectivity index (χ3v) is 4.52. The molecule has 0 bridgehead atoms. The molecule has 1 nitrogen and oxygen atoms in total. The first kappa shape index (κ1) is 11.8. The zero-order valence-corrected chi connectivity index (χ0v) is 11.0. The molecule has 1 heteroatoms. The van der Waals surface area contributed by atoms with Gasteiger partial charge in [-0.1, -0.05) is 40.5 Å². The van der Waals surface area contributed by atoms with Gasteiger partial charge in [-0.15, -0.1) is 0 Å². The van der Waals surface area contributed by atoms with Crippen LogP contribution in [0.15, 0.2) is 16.7 Å². The molecule has 1 aromatic rings. The molecule has 1 aliphatic carbocycles. The predicted octanol–water partition coefficient (Wildman–Crippen LogP) is 5.09. The van der Waals surface area contributed by atoms with Gasteiger partial charge in [-0.3, -0.25) is 0 Å². The standard InChI is InChI=1S/C15H24O/c1-11(2)13-9-14(16-10-13)12(3)15(4)7-5-6-8-15/h9-12H,5-8H2,1-4H3. The Bertz CT molecular complexity index is 342. The summed E-state index contributed by atoms with van der Waals surface area (Å²) >= 11 is 0. The van der Waals surface area contributed by atoms with Crippen molar-refractivity contribution in [2.24, 2.45) is 5.41 Å². The van der Waals surface area contributed by atoms with E-state index in [0.717, 1.165) is 0 Å². The van der Waals surface area contributed by atoms with Crippen LogP contribution in [0.5, 0.6) is 0 Å². The van der Waals surface area contributed by atoms with E-state index >= 15 is 0 Å². The van der Waals surface area contributed by atoms with E-state index in [-0.39, 0.29) is 0 Å². The third kappa shape index (κ3) is 2.05. The number of hydrogen-bond acceptors (Lipinski definition) is 1. The highest BCUT2D eigenvalue weighted by molar-refractivity contribution is 5.20. The van der Waals surface area contributed by atoms with E-state index in [1.807, 2.05) is 6.26 Å². The molecular weight excluding hydrogens is 196 g/mol. The molecule has 16 heavy (non-hydrogen) atoms. The molecule has 2 rings (SSSR count). The molecule has 1 unspecified atom stereocenters. The van der Waals surface area contributed by atoms with Crippen LogP contribution in [0.3, 0.4) is 0 Å². The van der Waals surface area contributed by atoms with Gasteiger partial charge in [0.2, 0.25) is 0 Å². The summed E-state index contributed by atoms with van der Waals surface area (Å²) < 4.78 is 5.77. The first-order valence-electron chi connectivity index (χ1n) is 6.61. The summed E-state index contributed by atoms with van der Waals surface area (Å²) in [5.41, 5.74) is 1.80. The van der Waals surface area contributed by atoms with Crippen LogP contribution in [-0.2, 0) is 0 Å². The minimum Gasteiger partial charge on any atom is -0.469 e. The number of hydrogen-bond donors (Lipinski definition) is 0. The van der Waals surface area contributed by atoms with Crippen LogP contribution in [-0.4, -0.2) is 0 Å². The zero-order chi connectivity index (χ0) is 11.8. The highest BCUT2D eigenvalue weighted by Gasteiger charge is 2.36. The summed E-state index contributed by atoms with van der Waals surface area (Å²) in [6, 6.07) is 2.26. The smallest absolute Gasteiger partial charge is 0.107 e. The molecule has 0 aromatic carbocycles. The van der Waals surface area contributed by atoms with Gasteiger partial charge in [-0.2, -0.15) is 0 Å². The average Bonchev–Trinajstić information content (AvgIpc) is 2.85. The molecular formula is C15H24O. The molecule has 1 aromatic heterocycles. The highest BCUT2D eigenvalue weighted by Crippen LogP contribution is 2.48. The van der Waals surface area contributed by atoms with Gasteiger partial charge in [0, 0.05) is 5.92 Å². The normalized spacial score (nSPS) is 21.6. The lowest BCUT2D eigenvalue weighted by atomic mass is 9.75. The molecule has 1 saturated carbocycles. The van der Waals surface area contributed by atoms with Crippen molar-refractivity contribution in [3.8, 4) is 0 Å². The van der Waals surface area contributed by atoms with Gasteiger partial charge in [-0.25, -0.2) is 0 Å². The van der Waals surface area contributed by atoms with E-state index in [1.165, 1.54) is 37.0 Å². The molecule has 0 spiro atoms. The monoisotopic (exact) mass is 220 g/mol. The van der Waals surface area contributed by atoms with Crippen molar-refractivity contribution >= 4 is 0 Å². The van der Waals surface area contributed by atoms with Gasteiger partial charge in [0.25, 0.3) is 0 Å². The zero-order valence-electron chi connectivity index (χ0n) is 11.0. The lowest BCUT2D eigenvalue weighted by Gasteiger charge is -2.29. The van der Waals surface area contributed by atoms with E-state index in [0.29, 0.717) is 17.3 Å². The van der Waals surface area contributed by atoms with Crippen LogP contribution in [0.1, 0.15) is 76.5 Å². The van der Waals surface area contributed by atoms with E-state index in [1.54, 1.807) is 0 Å². The largest absolute Gasteiger partial charge is 0.469 e. The van der Waals surface area contributed by atoms with Crippen LogP contribution in [0.4, 0.5) is 0 Å². The van der Waals surface area contributed by atoms with Crippen molar-refractivity contribution in [1.29, 1.82) is 0 Å². The van der Waals surface area contributed by atoms with Gasteiger partial charge in [0.05, 0.1) is 6.26 Å². The van der Waals surface area contributed by atoms with Gasteiger partial charge >= 0.3 is 0 Å². The van der Waals surface area contributed by atoms with Crippen molar-refractivity contribution in [3.05, 3.63) is 23.7 Å². The molecule has 0 amide bonds. The van der Waals surface area contributed by atoms with Crippen molar-refractivity contribution in [3.63, 3.8) is 0 Å². The number of furan rings is 1. The Kier molecular flexibility index (Phi) is 3.14. The fraction of sp³-hybridized carbons (Fsp3) is 0.733. The Morgan fingerprint density at radius 3 is 2.31 bits per heavy atom. The van der Waals surface area contributed by atoms with Crippen molar-refractivity contribution in [2.75, 3.05) is 0 Å². The SMILES string of the molecule is CC(C)c1coc(C(C)C2(C)CCCC2)c1. The molecule has 0 saturated heterocycles. The summed E-state index contributed by atoms with van der Waals surface area (Å²) in [5.74, 6) is 2.32. The first-order valence-corrected chi connectivity index (χ1v) is 6.61. The Morgan fingerprint density at radius 2 is 1.81 bits per heavy atom. The van der Waals surface area contributed by atoms with Crippen LogP contribution >= 0.6 is 0 Å². The van der Waals surface area contributed by atoms with E-state index in [2.05, 4.69) is 33.8 Å². The number of rotatable bonds is 3. The topological polar surface area (TPSA) is 13.1 Å². The first-order chi connectivity index (χ1) is 7.53. The Balaban J connectivity index is 2.16. The molecule has 0 N–H and O–H groups in total. The Hall–Kier alpha value is -0.720. The van der Waals surface area contributed by atoms with Gasteiger partial charge in [0.15, 0.2) is 0 Å². The third-order valence-electron chi connectivity index (χ3n) is 4.52. The molecule has 1 atom stereocenters. The molecule has 1 fully saturated rings. The fourth-order valence-corrected chi connectivity index (χ4v) is 2.86. The van der Waals surface area contributed by atoms with Gasteiger partial charge in [-0.05, 0) is 35.8 Å². The van der Waals surface area contributed by atoms with Crippen molar-refractivity contribution in [2.45, 2.75) is 65.2 Å². The minimum absolute atomic E-state index is 0.464. The maximum absolute atomic E-state index is 5.77. The highest BCUT2D eigenvalue weighted by atomic mass is 16.3. The van der Waals surface area contributed by atoms with Crippen LogP contribution in [0.2, 0.25) is 0 Å². The van der Waals surface area contributed by atoms with E-state index < -0.39 is 0 Å². The van der Waals surface area contributed by atoms with Gasteiger partial charge in [0.1, 0.15) is 5.76 Å². The summed E-state index contributed by atoms with van der Waals surface area (Å²) in [6.07, 6.45) is 7.42. The lowest BCUT2D eigenvalue weighted by molar-refractivity contribution is 0.246. The average molecular weight is 220 g/mol. The summed E-state index contributed by atoms with van der Waals surface area (Å²) in [7, 11) is 0. The summed E-state index contributed by atoms with van der Waals surface area (Å²) in [5, 5.41) is 0. The minimum atomic E-state index is 0.464. The van der Waals surface area contributed by atoms with Crippen molar-refractivity contribution in [1.82, 2.24) is 0 Å². The van der Waals surface area contributed by atoms with Crippen LogP contribution in [0.25, 0.3) is 0 Å². The molecule has 0 aliphatic heterocycles. The van der Waals surface area contributed by atoms with Crippen molar-refractivity contribution < 1.29 is 4.42 Å². The molecule has 0 radical (unpaired) electrons. The van der Waals surface area contributed by atoms with E-state index in [9.17, 15) is 0 Å². The Morgan fingerprint density at radius 1 is 1.19 bits per heavy atom. The quantitative estimate of drug-likeness (QED) is 0.691. The maximum Gasteiger partial charge on any atom is 0.107 e.